The summed E-state index contributed by atoms with van der Waals surface area (Å²) < 4.78 is 14.0. The van der Waals surface area contributed by atoms with Gasteiger partial charge in [0.05, 0.1) is 0 Å². The maximum absolute atomic E-state index is 14.0. The van der Waals surface area contributed by atoms with Crippen LogP contribution in [0.25, 0.3) is 0 Å². The molecule has 1 aliphatic carbocycles. The van der Waals surface area contributed by atoms with Crippen molar-refractivity contribution in [1.82, 2.24) is 5.32 Å². The summed E-state index contributed by atoms with van der Waals surface area (Å²) in [6.45, 7) is 8.87. The Bertz CT molecular complexity index is 474. The molecule has 0 aromatic heterocycles. The summed E-state index contributed by atoms with van der Waals surface area (Å²) in [6, 6.07) is 4.83. The van der Waals surface area contributed by atoms with Crippen LogP contribution in [0.3, 0.4) is 0 Å². The number of hydrogen-bond donors (Lipinski definition) is 2. The Balaban J connectivity index is 2.10. The van der Waals surface area contributed by atoms with E-state index in [1.54, 1.807) is 12.1 Å². The van der Waals surface area contributed by atoms with Crippen LogP contribution < -0.4 is 5.32 Å². The molecule has 4 unspecified atom stereocenters. The van der Waals surface area contributed by atoms with Gasteiger partial charge in [0.15, 0.2) is 0 Å². The van der Waals surface area contributed by atoms with Crippen LogP contribution >= 0.6 is 0 Å². The molecular formula is C18H28FNO. The molecule has 0 saturated heterocycles. The van der Waals surface area contributed by atoms with Gasteiger partial charge in [-0.1, -0.05) is 33.3 Å². The van der Waals surface area contributed by atoms with E-state index in [2.05, 4.69) is 26.1 Å². The zero-order chi connectivity index (χ0) is 15.6. The average Bonchev–Trinajstić information content (AvgIpc) is 2.37. The van der Waals surface area contributed by atoms with E-state index in [1.807, 2.05) is 6.92 Å². The standard InChI is InChI=1S/C18H28FNO/c1-11(2)15-7-5-12(3)9-18(15)20-13(4)16-8-6-14(21)10-17(16)19/h6,8,10-13,15,18,20-21H,5,7,9H2,1-4H3. The van der Waals surface area contributed by atoms with Gasteiger partial charge in [-0.2, -0.15) is 0 Å². The van der Waals surface area contributed by atoms with Crippen molar-refractivity contribution in [3.63, 3.8) is 0 Å². The van der Waals surface area contributed by atoms with E-state index in [1.165, 1.54) is 18.9 Å². The van der Waals surface area contributed by atoms with E-state index in [0.29, 0.717) is 23.4 Å². The predicted octanol–water partition coefficient (Wildman–Crippen LogP) is 4.64. The highest BCUT2D eigenvalue weighted by atomic mass is 19.1. The molecule has 21 heavy (non-hydrogen) atoms. The Labute approximate surface area is 127 Å². The van der Waals surface area contributed by atoms with Crippen molar-refractivity contribution in [2.24, 2.45) is 17.8 Å². The molecule has 0 spiro atoms. The molecule has 2 rings (SSSR count). The number of halogens is 1. The lowest BCUT2D eigenvalue weighted by Crippen LogP contribution is -2.44. The monoisotopic (exact) mass is 293 g/mol. The van der Waals surface area contributed by atoms with Crippen molar-refractivity contribution in [3.8, 4) is 5.75 Å². The minimum atomic E-state index is -0.333. The largest absolute Gasteiger partial charge is 0.508 e. The van der Waals surface area contributed by atoms with E-state index in [4.69, 9.17) is 0 Å². The first-order valence-corrected chi connectivity index (χ1v) is 8.13. The lowest BCUT2D eigenvalue weighted by Gasteiger charge is -2.39. The molecule has 118 valence electrons. The summed E-state index contributed by atoms with van der Waals surface area (Å²) in [4.78, 5) is 0. The second-order valence-electron chi connectivity index (χ2n) is 7.03. The molecule has 2 nitrogen and oxygen atoms in total. The lowest BCUT2D eigenvalue weighted by molar-refractivity contribution is 0.160. The Morgan fingerprint density at radius 2 is 1.95 bits per heavy atom. The maximum Gasteiger partial charge on any atom is 0.131 e. The molecule has 4 atom stereocenters. The Hall–Kier alpha value is -1.09. The fourth-order valence-electron chi connectivity index (χ4n) is 3.67. The molecule has 3 heteroatoms. The van der Waals surface area contributed by atoms with Gasteiger partial charge in [0, 0.05) is 23.7 Å². The highest BCUT2D eigenvalue weighted by Crippen LogP contribution is 2.35. The number of nitrogens with one attached hydrogen (secondary N) is 1. The summed E-state index contributed by atoms with van der Waals surface area (Å²) in [5, 5.41) is 13.0. The molecule has 0 heterocycles. The van der Waals surface area contributed by atoms with E-state index < -0.39 is 0 Å². The minimum Gasteiger partial charge on any atom is -0.508 e. The van der Waals surface area contributed by atoms with Crippen LogP contribution in [0.15, 0.2) is 18.2 Å². The second kappa shape index (κ2) is 6.78. The zero-order valence-corrected chi connectivity index (χ0v) is 13.6. The first kappa shape index (κ1) is 16.3. The van der Waals surface area contributed by atoms with Crippen molar-refractivity contribution in [2.75, 3.05) is 0 Å². The van der Waals surface area contributed by atoms with E-state index in [0.717, 1.165) is 12.3 Å². The van der Waals surface area contributed by atoms with Crippen molar-refractivity contribution >= 4 is 0 Å². The Morgan fingerprint density at radius 3 is 2.57 bits per heavy atom. The summed E-state index contributed by atoms with van der Waals surface area (Å²) in [5.41, 5.74) is 0.633. The van der Waals surface area contributed by atoms with Crippen LogP contribution in [0, 0.1) is 23.6 Å². The topological polar surface area (TPSA) is 32.3 Å². The number of hydrogen-bond acceptors (Lipinski definition) is 2. The molecule has 0 amide bonds. The molecule has 1 saturated carbocycles. The summed E-state index contributed by atoms with van der Waals surface area (Å²) in [7, 11) is 0. The highest BCUT2D eigenvalue weighted by Gasteiger charge is 2.31. The number of benzene rings is 1. The number of phenolic OH excluding ortho intramolecular Hbond substituents is 1. The highest BCUT2D eigenvalue weighted by molar-refractivity contribution is 5.29. The quantitative estimate of drug-likeness (QED) is 0.847. The van der Waals surface area contributed by atoms with Crippen molar-refractivity contribution in [3.05, 3.63) is 29.6 Å². The van der Waals surface area contributed by atoms with Crippen LogP contribution in [-0.2, 0) is 0 Å². The van der Waals surface area contributed by atoms with E-state index >= 15 is 0 Å². The van der Waals surface area contributed by atoms with Gasteiger partial charge in [0.25, 0.3) is 0 Å². The van der Waals surface area contributed by atoms with Gasteiger partial charge in [-0.15, -0.1) is 0 Å². The molecule has 0 radical (unpaired) electrons. The Morgan fingerprint density at radius 1 is 1.24 bits per heavy atom. The van der Waals surface area contributed by atoms with Crippen molar-refractivity contribution in [2.45, 2.75) is 59.0 Å². The zero-order valence-electron chi connectivity index (χ0n) is 13.6. The molecule has 0 aliphatic heterocycles. The van der Waals surface area contributed by atoms with Crippen LogP contribution in [-0.4, -0.2) is 11.1 Å². The van der Waals surface area contributed by atoms with Crippen LogP contribution in [0.5, 0.6) is 5.75 Å². The lowest BCUT2D eigenvalue weighted by atomic mass is 9.73. The van der Waals surface area contributed by atoms with Gasteiger partial charge in [0.1, 0.15) is 11.6 Å². The molecule has 2 N–H and O–H groups in total. The summed E-state index contributed by atoms with van der Waals surface area (Å²) in [6.07, 6.45) is 3.71. The number of rotatable bonds is 4. The van der Waals surface area contributed by atoms with E-state index in [-0.39, 0.29) is 17.6 Å². The molecule has 1 aromatic rings. The third-order valence-corrected chi connectivity index (χ3v) is 4.94. The first-order valence-electron chi connectivity index (χ1n) is 8.13. The van der Waals surface area contributed by atoms with E-state index in [9.17, 15) is 9.50 Å². The van der Waals surface area contributed by atoms with Crippen LogP contribution in [0.4, 0.5) is 4.39 Å². The van der Waals surface area contributed by atoms with Crippen molar-refractivity contribution in [1.29, 1.82) is 0 Å². The third-order valence-electron chi connectivity index (χ3n) is 4.94. The van der Waals surface area contributed by atoms with Crippen molar-refractivity contribution < 1.29 is 9.50 Å². The van der Waals surface area contributed by atoms with Gasteiger partial charge in [-0.05, 0) is 43.6 Å². The van der Waals surface area contributed by atoms with Crippen LogP contribution in [0.2, 0.25) is 0 Å². The van der Waals surface area contributed by atoms with Crippen LogP contribution in [0.1, 0.15) is 58.6 Å². The maximum atomic E-state index is 14.0. The van der Waals surface area contributed by atoms with Gasteiger partial charge in [-0.25, -0.2) is 4.39 Å². The molecular weight excluding hydrogens is 265 g/mol. The normalized spacial score (nSPS) is 27.8. The minimum absolute atomic E-state index is 0.0187. The smallest absolute Gasteiger partial charge is 0.131 e. The Kier molecular flexibility index (Phi) is 5.26. The second-order valence-corrected chi connectivity index (χ2v) is 7.03. The molecule has 0 bridgehead atoms. The molecule has 1 aromatic carbocycles. The molecule has 1 aliphatic rings. The fourth-order valence-corrected chi connectivity index (χ4v) is 3.67. The summed E-state index contributed by atoms with van der Waals surface area (Å²) in [5.74, 6) is 1.68. The average molecular weight is 293 g/mol. The number of phenols is 1. The SMILES string of the molecule is CC1CCC(C(C)C)C(NC(C)c2ccc(O)cc2F)C1. The predicted molar refractivity (Wildman–Crippen MR) is 84.7 cm³/mol. The third kappa shape index (κ3) is 3.97. The van der Waals surface area contributed by atoms with Gasteiger partial charge in [-0.3, -0.25) is 0 Å². The summed E-state index contributed by atoms with van der Waals surface area (Å²) >= 11 is 0. The van der Waals surface area contributed by atoms with Gasteiger partial charge in [0.2, 0.25) is 0 Å². The fraction of sp³-hybridized carbons (Fsp3) is 0.667. The van der Waals surface area contributed by atoms with Gasteiger partial charge < -0.3 is 10.4 Å². The number of aromatic hydroxyl groups is 1. The molecule has 1 fully saturated rings. The first-order chi connectivity index (χ1) is 9.88. The van der Waals surface area contributed by atoms with Gasteiger partial charge >= 0.3 is 0 Å².